The Kier molecular flexibility index (Phi) is 7.64. The van der Waals surface area contributed by atoms with Gasteiger partial charge in [0.25, 0.3) is 15.9 Å². The van der Waals surface area contributed by atoms with Crippen LogP contribution in [0.1, 0.15) is 22.8 Å². The molecule has 34 heavy (non-hydrogen) atoms. The van der Waals surface area contributed by atoms with Gasteiger partial charge in [0.15, 0.2) is 6.61 Å². The topological polar surface area (TPSA) is 131 Å². The van der Waals surface area contributed by atoms with Crippen LogP contribution in [0.25, 0.3) is 0 Å². The third-order valence-corrected chi connectivity index (χ3v) is 5.92. The van der Waals surface area contributed by atoms with Crippen molar-refractivity contribution in [2.24, 2.45) is 0 Å². The van der Waals surface area contributed by atoms with E-state index in [1.807, 2.05) is 6.92 Å². The molecule has 0 aliphatic heterocycles. The van der Waals surface area contributed by atoms with E-state index in [0.717, 1.165) is 5.56 Å². The summed E-state index contributed by atoms with van der Waals surface area (Å²) in [5.41, 5.74) is 2.56. The highest BCUT2D eigenvalue weighted by Crippen LogP contribution is 2.18. The minimum absolute atomic E-state index is 0.0231. The molecule has 10 heteroatoms. The predicted molar refractivity (Wildman–Crippen MR) is 128 cm³/mol. The summed E-state index contributed by atoms with van der Waals surface area (Å²) in [6, 6.07) is 18.5. The number of nitrogens with one attached hydrogen (secondary N) is 3. The highest BCUT2D eigenvalue weighted by atomic mass is 32.2. The van der Waals surface area contributed by atoms with Crippen molar-refractivity contribution in [1.29, 1.82) is 0 Å². The number of anilines is 3. The third kappa shape index (κ3) is 6.91. The normalized spacial score (nSPS) is 10.8. The molecule has 0 saturated heterocycles. The van der Waals surface area contributed by atoms with Crippen molar-refractivity contribution < 1.29 is 27.5 Å². The van der Waals surface area contributed by atoms with Crippen molar-refractivity contribution in [2.45, 2.75) is 18.7 Å². The minimum Gasteiger partial charge on any atom is -0.452 e. The van der Waals surface area contributed by atoms with Gasteiger partial charge in [0.05, 0.1) is 10.5 Å². The second kappa shape index (κ2) is 10.6. The molecule has 0 unspecified atom stereocenters. The van der Waals surface area contributed by atoms with Crippen molar-refractivity contribution in [3.05, 3.63) is 83.9 Å². The van der Waals surface area contributed by atoms with E-state index < -0.39 is 28.5 Å². The van der Waals surface area contributed by atoms with Gasteiger partial charge in [-0.2, -0.15) is 0 Å². The van der Waals surface area contributed by atoms with Gasteiger partial charge in [-0.05, 0) is 67.6 Å². The van der Waals surface area contributed by atoms with Crippen LogP contribution in [0.15, 0.2) is 77.7 Å². The van der Waals surface area contributed by atoms with Crippen LogP contribution in [0.4, 0.5) is 17.1 Å². The molecule has 2 amide bonds. The maximum absolute atomic E-state index is 12.5. The van der Waals surface area contributed by atoms with Crippen molar-refractivity contribution in [3.8, 4) is 0 Å². The molecule has 0 heterocycles. The maximum atomic E-state index is 12.5. The Balaban J connectivity index is 1.53. The lowest BCUT2D eigenvalue weighted by Gasteiger charge is -2.10. The minimum atomic E-state index is -3.83. The fraction of sp³-hybridized carbons (Fsp3) is 0.125. The van der Waals surface area contributed by atoms with E-state index >= 15 is 0 Å². The molecule has 9 nitrogen and oxygen atoms in total. The molecule has 0 aromatic heterocycles. The first-order valence-corrected chi connectivity index (χ1v) is 11.6. The van der Waals surface area contributed by atoms with Crippen LogP contribution in [0, 0.1) is 6.92 Å². The Morgan fingerprint density at radius 1 is 0.765 bits per heavy atom. The number of ether oxygens (including phenoxy) is 1. The summed E-state index contributed by atoms with van der Waals surface area (Å²) < 4.78 is 32.5. The van der Waals surface area contributed by atoms with Gasteiger partial charge >= 0.3 is 5.97 Å². The Morgan fingerprint density at radius 3 is 1.85 bits per heavy atom. The van der Waals surface area contributed by atoms with E-state index in [0.29, 0.717) is 17.1 Å². The first-order chi connectivity index (χ1) is 16.1. The zero-order valence-corrected chi connectivity index (χ0v) is 19.3. The van der Waals surface area contributed by atoms with Crippen molar-refractivity contribution in [3.63, 3.8) is 0 Å². The zero-order chi connectivity index (χ0) is 24.7. The van der Waals surface area contributed by atoms with Gasteiger partial charge in [0.1, 0.15) is 0 Å². The molecular weight excluding hydrogens is 458 g/mol. The molecule has 0 spiro atoms. The molecule has 0 aliphatic rings. The van der Waals surface area contributed by atoms with E-state index in [1.54, 1.807) is 48.5 Å². The highest BCUT2D eigenvalue weighted by Gasteiger charge is 2.16. The Labute approximate surface area is 197 Å². The fourth-order valence-corrected chi connectivity index (χ4v) is 3.92. The summed E-state index contributed by atoms with van der Waals surface area (Å²) >= 11 is 0. The number of carbonyl (C=O) groups excluding carboxylic acids is 3. The van der Waals surface area contributed by atoms with Crippen LogP contribution in [0.3, 0.4) is 0 Å². The number of hydrogen-bond acceptors (Lipinski definition) is 6. The van der Waals surface area contributed by atoms with Gasteiger partial charge in [-0.3, -0.25) is 14.3 Å². The maximum Gasteiger partial charge on any atom is 0.338 e. The summed E-state index contributed by atoms with van der Waals surface area (Å²) in [6.07, 6.45) is 0. The van der Waals surface area contributed by atoms with Gasteiger partial charge in [-0.1, -0.05) is 17.7 Å². The van der Waals surface area contributed by atoms with E-state index in [1.165, 1.54) is 31.2 Å². The number of sulfonamides is 1. The molecule has 0 radical (unpaired) electrons. The number of amides is 2. The Hall–Kier alpha value is -4.18. The van der Waals surface area contributed by atoms with Crippen molar-refractivity contribution in [2.75, 3.05) is 22.0 Å². The number of esters is 1. The molecule has 0 aliphatic carbocycles. The van der Waals surface area contributed by atoms with E-state index in [9.17, 15) is 22.8 Å². The summed E-state index contributed by atoms with van der Waals surface area (Å²) in [7, 11) is -3.83. The monoisotopic (exact) mass is 481 g/mol. The average Bonchev–Trinajstić information content (AvgIpc) is 2.80. The first-order valence-electron chi connectivity index (χ1n) is 10.2. The van der Waals surface area contributed by atoms with Crippen LogP contribution in [0.2, 0.25) is 0 Å². The smallest absolute Gasteiger partial charge is 0.338 e. The largest absolute Gasteiger partial charge is 0.452 e. The van der Waals surface area contributed by atoms with Crippen LogP contribution in [-0.4, -0.2) is 32.8 Å². The lowest BCUT2D eigenvalue weighted by atomic mass is 10.2. The molecule has 0 fully saturated rings. The molecule has 0 saturated carbocycles. The number of hydrogen-bond donors (Lipinski definition) is 3. The summed E-state index contributed by atoms with van der Waals surface area (Å²) in [6.45, 7) is 2.76. The summed E-state index contributed by atoms with van der Waals surface area (Å²) in [5.74, 6) is -1.54. The second-order valence-corrected chi connectivity index (χ2v) is 9.06. The quantitative estimate of drug-likeness (QED) is 0.422. The lowest BCUT2D eigenvalue weighted by Crippen LogP contribution is -2.21. The molecule has 0 bridgehead atoms. The van der Waals surface area contributed by atoms with Gasteiger partial charge in [-0.25, -0.2) is 13.2 Å². The van der Waals surface area contributed by atoms with Crippen LogP contribution >= 0.6 is 0 Å². The summed E-state index contributed by atoms with van der Waals surface area (Å²) in [5, 5.41) is 5.18. The van der Waals surface area contributed by atoms with Crippen molar-refractivity contribution >= 4 is 44.9 Å². The highest BCUT2D eigenvalue weighted by molar-refractivity contribution is 7.92. The van der Waals surface area contributed by atoms with Gasteiger partial charge < -0.3 is 15.4 Å². The third-order valence-electron chi connectivity index (χ3n) is 4.53. The Bertz CT molecular complexity index is 1290. The second-order valence-electron chi connectivity index (χ2n) is 7.38. The molecule has 0 atom stereocenters. The number of benzene rings is 3. The molecule has 176 valence electrons. The molecular formula is C24H23N3O6S. The van der Waals surface area contributed by atoms with Gasteiger partial charge in [-0.15, -0.1) is 0 Å². The standard InChI is InChI=1S/C24H23N3O6S/c1-16-3-7-21(8-4-16)27-34(31,32)22-13-5-18(6-14-22)24(30)33-15-23(29)26-20-11-9-19(10-12-20)25-17(2)28/h3-14,27H,15H2,1-2H3,(H,25,28)(H,26,29). The van der Waals surface area contributed by atoms with Gasteiger partial charge in [0.2, 0.25) is 5.91 Å². The van der Waals surface area contributed by atoms with Crippen LogP contribution in [0.5, 0.6) is 0 Å². The molecule has 3 rings (SSSR count). The van der Waals surface area contributed by atoms with Crippen molar-refractivity contribution in [1.82, 2.24) is 0 Å². The Morgan fingerprint density at radius 2 is 1.29 bits per heavy atom. The SMILES string of the molecule is CC(=O)Nc1ccc(NC(=O)COC(=O)c2ccc(S(=O)(=O)Nc3ccc(C)cc3)cc2)cc1. The number of aryl methyl sites for hydroxylation is 1. The van der Waals surface area contributed by atoms with Gasteiger partial charge in [0, 0.05) is 24.0 Å². The molecule has 3 aromatic carbocycles. The molecule has 3 aromatic rings. The zero-order valence-electron chi connectivity index (χ0n) is 18.5. The van der Waals surface area contributed by atoms with E-state index in [-0.39, 0.29) is 16.4 Å². The predicted octanol–water partition coefficient (Wildman–Crippen LogP) is 3.55. The number of rotatable bonds is 8. The van der Waals surface area contributed by atoms with Crippen LogP contribution < -0.4 is 15.4 Å². The average molecular weight is 482 g/mol. The molecule has 3 N–H and O–H groups in total. The number of carbonyl (C=O) groups is 3. The fourth-order valence-electron chi connectivity index (χ4n) is 2.86. The first kappa shape index (κ1) is 24.5. The van der Waals surface area contributed by atoms with Crippen LogP contribution in [-0.2, 0) is 24.3 Å². The van der Waals surface area contributed by atoms with E-state index in [4.69, 9.17) is 4.74 Å². The van der Waals surface area contributed by atoms with E-state index in [2.05, 4.69) is 15.4 Å². The summed E-state index contributed by atoms with van der Waals surface area (Å²) in [4.78, 5) is 35.3. The lowest BCUT2D eigenvalue weighted by molar-refractivity contribution is -0.119.